The third-order valence-electron chi connectivity index (χ3n) is 13.4. The zero-order chi connectivity index (χ0) is 56.9. The number of hydrogen-bond acceptors (Lipinski definition) is 18. The number of ether oxygens (including phenoxy) is 9. The first-order valence-corrected chi connectivity index (χ1v) is 27.5. The van der Waals surface area contributed by atoms with Crippen molar-refractivity contribution in [3.05, 3.63) is 91.0 Å². The Kier molecular flexibility index (Phi) is 33.2. The molecule has 2 saturated carbocycles. The lowest BCUT2D eigenvalue weighted by atomic mass is 9.79. The van der Waals surface area contributed by atoms with E-state index >= 15 is 0 Å². The lowest BCUT2D eigenvalue weighted by Gasteiger charge is -2.29. The summed E-state index contributed by atoms with van der Waals surface area (Å²) in [5.74, 6) is -2.79. The van der Waals surface area contributed by atoms with Gasteiger partial charge in [0.2, 0.25) is 0 Å². The van der Waals surface area contributed by atoms with Crippen LogP contribution in [0.1, 0.15) is 91.9 Å². The Bertz CT molecular complexity index is 2120. The molecule has 0 heterocycles. The van der Waals surface area contributed by atoms with Gasteiger partial charge in [-0.15, -0.1) is 0 Å². The van der Waals surface area contributed by atoms with Gasteiger partial charge in [0.25, 0.3) is 0 Å². The molecule has 0 saturated heterocycles. The van der Waals surface area contributed by atoms with E-state index in [2.05, 4.69) is 49.6 Å². The average Bonchev–Trinajstić information content (AvgIpc) is 3.45. The van der Waals surface area contributed by atoms with E-state index < -0.39 is 23.8 Å². The van der Waals surface area contributed by atoms with Crippen molar-refractivity contribution in [2.45, 2.75) is 104 Å². The first kappa shape index (κ1) is 66.0. The van der Waals surface area contributed by atoms with Gasteiger partial charge < -0.3 is 57.3 Å². The summed E-state index contributed by atoms with van der Waals surface area (Å²) >= 11 is 0. The van der Waals surface area contributed by atoms with Gasteiger partial charge in [0, 0.05) is 57.5 Å². The topological polar surface area (TPSA) is 195 Å². The summed E-state index contributed by atoms with van der Waals surface area (Å²) in [5, 5.41) is 0. The summed E-state index contributed by atoms with van der Waals surface area (Å²) in [5.41, 5.74) is 3.28. The fourth-order valence-electron chi connectivity index (χ4n) is 8.96. The van der Waals surface area contributed by atoms with Gasteiger partial charge in [-0.05, 0) is 103 Å². The largest absolute Gasteiger partial charge is 0.464 e. The molecule has 3 aromatic carbocycles. The quantitative estimate of drug-likeness (QED) is 0.0350. The molecule has 18 heteroatoms. The number of benzene rings is 3. The number of rotatable bonds is 30. The second-order valence-corrected chi connectivity index (χ2v) is 19.6. The molecule has 5 rings (SSSR count). The average molecular weight is 1090 g/mol. The van der Waals surface area contributed by atoms with Gasteiger partial charge >= 0.3 is 35.8 Å². The van der Waals surface area contributed by atoms with Crippen LogP contribution in [0.2, 0.25) is 0 Å². The van der Waals surface area contributed by atoms with E-state index in [1.54, 1.807) is 14.2 Å². The fourth-order valence-corrected chi connectivity index (χ4v) is 8.96. The molecule has 2 atom stereocenters. The Morgan fingerprint density at radius 1 is 0.410 bits per heavy atom. The minimum atomic E-state index is -0.419. The summed E-state index contributed by atoms with van der Waals surface area (Å²) in [4.78, 5) is 78.6. The highest BCUT2D eigenvalue weighted by Crippen LogP contribution is 2.33. The van der Waals surface area contributed by atoms with Crippen molar-refractivity contribution in [3.8, 4) is 0 Å². The van der Waals surface area contributed by atoms with Gasteiger partial charge in [-0.1, -0.05) is 67.4 Å². The molecular weight excluding hydrogens is 1000 g/mol. The summed E-state index contributed by atoms with van der Waals surface area (Å²) in [6.45, 7) is 13.1. The molecule has 0 aliphatic heterocycles. The Hall–Kier alpha value is -6.24. The van der Waals surface area contributed by atoms with Crippen LogP contribution in [0, 0.1) is 23.7 Å². The number of anilines is 3. The predicted octanol–water partition coefficient (Wildman–Crippen LogP) is 8.52. The number of nitrogens with zero attached hydrogens (tertiary/aromatic N) is 3. The Balaban J connectivity index is 0.000000309. The number of carbonyl (C=O) groups is 6. The standard InChI is InChI=1S/C22H33NO5.C20H29NO5.C18H27NO5/c1-17(2)23(20-7-5-4-6-8-20)13-14-27-21(24)18-9-11-19(12-10-18)22(25)28-16-15-26-3;1-21(16-8-4-3-5-9-16)12-13-25-19(22)17-10-6-7-11-18(17)20(23)26-15-14-24-2;1-15(2)19(16-7-5-4-6-8-16)11-12-23-17(20)9-10-18(21)24-14-13-22-3/h4-8,17-19H,9-16H2,1-3H3;3-5,8-9,17-18H,6-7,10-15H2,1-2H3;4-8,15H,9-14H2,1-3H3. The molecular formula is C60H89N3O15. The van der Waals surface area contributed by atoms with E-state index in [1.807, 2.05) is 90.8 Å². The molecule has 2 aliphatic rings. The van der Waals surface area contributed by atoms with Crippen molar-refractivity contribution >= 4 is 52.9 Å². The number of esters is 6. The first-order valence-electron chi connectivity index (χ1n) is 27.5. The van der Waals surface area contributed by atoms with Gasteiger partial charge in [0.05, 0.1) is 76.0 Å². The highest BCUT2D eigenvalue weighted by Gasteiger charge is 2.38. The first-order chi connectivity index (χ1) is 37.7. The highest BCUT2D eigenvalue weighted by molar-refractivity contribution is 5.82. The van der Waals surface area contributed by atoms with Crippen LogP contribution in [-0.2, 0) is 71.4 Å². The minimum absolute atomic E-state index is 0.0229. The molecule has 3 aromatic rings. The van der Waals surface area contributed by atoms with Gasteiger partial charge in [0.1, 0.15) is 39.6 Å². The van der Waals surface area contributed by atoms with Crippen molar-refractivity contribution in [3.63, 3.8) is 0 Å². The Labute approximate surface area is 463 Å². The summed E-state index contributed by atoms with van der Waals surface area (Å²) in [6.07, 6.45) is 5.98. The third kappa shape index (κ3) is 25.9. The maximum Gasteiger partial charge on any atom is 0.309 e. The monoisotopic (exact) mass is 1090 g/mol. The lowest BCUT2D eigenvalue weighted by Crippen LogP contribution is -2.36. The van der Waals surface area contributed by atoms with Gasteiger partial charge in [-0.2, -0.15) is 0 Å². The number of hydrogen-bond donors (Lipinski definition) is 0. The normalized spacial score (nSPS) is 16.7. The van der Waals surface area contributed by atoms with Crippen LogP contribution in [-0.4, -0.2) is 155 Å². The highest BCUT2D eigenvalue weighted by atomic mass is 16.6. The van der Waals surface area contributed by atoms with Crippen LogP contribution in [0.4, 0.5) is 17.1 Å². The molecule has 2 unspecified atom stereocenters. The van der Waals surface area contributed by atoms with Crippen LogP contribution in [0.5, 0.6) is 0 Å². The smallest absolute Gasteiger partial charge is 0.309 e. The predicted molar refractivity (Wildman–Crippen MR) is 299 cm³/mol. The van der Waals surface area contributed by atoms with Gasteiger partial charge in [-0.3, -0.25) is 28.8 Å². The molecule has 0 bridgehead atoms. The third-order valence-corrected chi connectivity index (χ3v) is 13.4. The molecule has 0 spiro atoms. The van der Waals surface area contributed by atoms with E-state index in [1.165, 1.54) is 7.11 Å². The molecule has 18 nitrogen and oxygen atoms in total. The zero-order valence-corrected chi connectivity index (χ0v) is 47.6. The summed E-state index contributed by atoms with van der Waals surface area (Å²) in [7, 11) is 6.62. The summed E-state index contributed by atoms with van der Waals surface area (Å²) in [6, 6.07) is 30.7. The molecule has 0 amide bonds. The molecule has 434 valence electrons. The van der Waals surface area contributed by atoms with Crippen molar-refractivity contribution < 1.29 is 71.4 Å². The Morgan fingerprint density at radius 2 is 0.731 bits per heavy atom. The summed E-state index contributed by atoms with van der Waals surface area (Å²) < 4.78 is 46.1. The van der Waals surface area contributed by atoms with E-state index in [4.69, 9.17) is 42.6 Å². The Morgan fingerprint density at radius 3 is 1.13 bits per heavy atom. The van der Waals surface area contributed by atoms with Gasteiger partial charge in [-0.25, -0.2) is 0 Å². The van der Waals surface area contributed by atoms with Gasteiger partial charge in [0.15, 0.2) is 0 Å². The molecule has 0 aromatic heterocycles. The number of likely N-dealkylation sites (N-methyl/N-ethyl adjacent to an activating group) is 1. The molecule has 78 heavy (non-hydrogen) atoms. The molecule has 2 aliphatic carbocycles. The van der Waals surface area contributed by atoms with Crippen LogP contribution < -0.4 is 14.7 Å². The second kappa shape index (κ2) is 39.2. The van der Waals surface area contributed by atoms with Crippen molar-refractivity contribution in [2.75, 3.05) is 122 Å². The number of methoxy groups -OCH3 is 3. The van der Waals surface area contributed by atoms with Crippen LogP contribution in [0.3, 0.4) is 0 Å². The van der Waals surface area contributed by atoms with Crippen LogP contribution >= 0.6 is 0 Å². The fraction of sp³-hybridized carbons (Fsp3) is 0.600. The maximum absolute atomic E-state index is 12.5. The lowest BCUT2D eigenvalue weighted by molar-refractivity contribution is -0.163. The van der Waals surface area contributed by atoms with E-state index in [0.717, 1.165) is 29.9 Å². The second-order valence-electron chi connectivity index (χ2n) is 19.6. The molecule has 0 N–H and O–H groups in total. The van der Waals surface area contributed by atoms with Crippen molar-refractivity contribution in [1.29, 1.82) is 0 Å². The maximum atomic E-state index is 12.5. The molecule has 0 radical (unpaired) electrons. The van der Waals surface area contributed by atoms with Crippen LogP contribution in [0.15, 0.2) is 91.0 Å². The van der Waals surface area contributed by atoms with E-state index in [9.17, 15) is 28.8 Å². The van der Waals surface area contributed by atoms with Crippen molar-refractivity contribution in [2.24, 2.45) is 23.7 Å². The number of carbonyl (C=O) groups excluding carboxylic acids is 6. The number of para-hydroxylation sites is 3. The minimum Gasteiger partial charge on any atom is -0.464 e. The van der Waals surface area contributed by atoms with E-state index in [-0.39, 0.29) is 75.0 Å². The zero-order valence-electron chi connectivity index (χ0n) is 47.6. The molecule has 2 fully saturated rings. The van der Waals surface area contributed by atoms with Crippen molar-refractivity contribution in [1.82, 2.24) is 0 Å². The van der Waals surface area contributed by atoms with E-state index in [0.29, 0.717) is 103 Å². The van der Waals surface area contributed by atoms with Crippen LogP contribution in [0.25, 0.3) is 0 Å². The SMILES string of the molecule is COCCOC(=O)C1CCC(C(=O)OCCN(c2ccccc2)C(C)C)CC1.COCCOC(=O)C1CCCCC1C(=O)OCCN(C)c1ccccc1.COCCOC(=O)CCC(=O)OCCN(c1ccccc1)C(C)C.